The maximum atomic E-state index is 6.18. The van der Waals surface area contributed by atoms with Gasteiger partial charge in [0.25, 0.3) is 0 Å². The molecule has 0 aromatic heterocycles. The summed E-state index contributed by atoms with van der Waals surface area (Å²) in [6.45, 7) is 7.62. The second kappa shape index (κ2) is 4.23. The molecule has 1 heterocycles. The molecule has 1 saturated carbocycles. The Kier molecular flexibility index (Phi) is 3.30. The second-order valence-electron chi connectivity index (χ2n) is 5.63. The smallest absolute Gasteiger partial charge is 0.0704 e. The predicted octanol–water partition coefficient (Wildman–Crippen LogP) is 2.55. The molecule has 0 radical (unpaired) electrons. The highest BCUT2D eigenvalue weighted by atomic mass is 35.5. The molecule has 1 aliphatic heterocycles. The molecule has 2 nitrogen and oxygen atoms in total. The van der Waals surface area contributed by atoms with Crippen molar-refractivity contribution in [3.63, 3.8) is 0 Å². The molecule has 15 heavy (non-hydrogen) atoms. The lowest BCUT2D eigenvalue weighted by molar-refractivity contribution is 0.0404. The van der Waals surface area contributed by atoms with Gasteiger partial charge in [0.2, 0.25) is 0 Å². The van der Waals surface area contributed by atoms with E-state index in [1.54, 1.807) is 0 Å². The van der Waals surface area contributed by atoms with Crippen LogP contribution in [0.4, 0.5) is 0 Å². The van der Waals surface area contributed by atoms with Crippen molar-refractivity contribution < 1.29 is 4.74 Å². The molecule has 4 atom stereocenters. The van der Waals surface area contributed by atoms with E-state index in [1.807, 2.05) is 0 Å². The first kappa shape index (κ1) is 11.7. The van der Waals surface area contributed by atoms with E-state index in [1.165, 1.54) is 12.8 Å². The maximum absolute atomic E-state index is 6.18. The van der Waals surface area contributed by atoms with Crippen molar-refractivity contribution in [2.75, 3.05) is 6.54 Å². The van der Waals surface area contributed by atoms with E-state index in [0.717, 1.165) is 13.0 Å². The molecule has 0 aromatic carbocycles. The topological polar surface area (TPSA) is 21.3 Å². The van der Waals surface area contributed by atoms with Crippen molar-refractivity contribution >= 4 is 11.6 Å². The summed E-state index contributed by atoms with van der Waals surface area (Å²) in [5.74, 6) is 0. The number of rotatable bonds is 3. The summed E-state index contributed by atoms with van der Waals surface area (Å²) in [5, 5.41) is 3.92. The number of hydrogen-bond acceptors (Lipinski definition) is 2. The minimum absolute atomic E-state index is 0.242. The molecule has 2 aliphatic rings. The van der Waals surface area contributed by atoms with Crippen LogP contribution in [0.2, 0.25) is 0 Å². The molecule has 4 unspecified atom stereocenters. The van der Waals surface area contributed by atoms with E-state index in [2.05, 4.69) is 26.1 Å². The van der Waals surface area contributed by atoms with Crippen molar-refractivity contribution in [2.24, 2.45) is 5.41 Å². The van der Waals surface area contributed by atoms with Gasteiger partial charge in [0.15, 0.2) is 0 Å². The third-order valence-electron chi connectivity index (χ3n) is 4.06. The number of hydrogen-bond donors (Lipinski definition) is 1. The largest absolute Gasteiger partial charge is 0.374 e. The van der Waals surface area contributed by atoms with Gasteiger partial charge in [-0.25, -0.2) is 0 Å². The SMILES string of the molecule is CC1CCC(CNC2CC(Cl)C2(C)C)O1. The third-order valence-corrected chi connectivity index (χ3v) is 4.80. The van der Waals surface area contributed by atoms with Crippen molar-refractivity contribution in [3.8, 4) is 0 Å². The normalized spacial score (nSPS) is 44.0. The average Bonchev–Trinajstić information content (AvgIpc) is 2.58. The third kappa shape index (κ3) is 2.32. The Labute approximate surface area is 97.7 Å². The molecule has 1 saturated heterocycles. The van der Waals surface area contributed by atoms with Crippen LogP contribution in [0.25, 0.3) is 0 Å². The van der Waals surface area contributed by atoms with Gasteiger partial charge >= 0.3 is 0 Å². The Morgan fingerprint density at radius 3 is 2.60 bits per heavy atom. The standard InChI is InChI=1S/C12H22ClNO/c1-8-4-5-9(15-8)7-14-11-6-10(13)12(11,2)3/h8-11,14H,4-7H2,1-3H3. The van der Waals surface area contributed by atoms with Crippen LogP contribution in [-0.4, -0.2) is 30.2 Å². The minimum atomic E-state index is 0.242. The molecular formula is C12H22ClNO. The zero-order valence-electron chi connectivity index (χ0n) is 9.92. The van der Waals surface area contributed by atoms with Crippen LogP contribution in [0.3, 0.4) is 0 Å². The molecule has 0 amide bonds. The Balaban J connectivity index is 1.71. The van der Waals surface area contributed by atoms with Gasteiger partial charge in [-0.1, -0.05) is 13.8 Å². The summed E-state index contributed by atoms with van der Waals surface area (Å²) in [6.07, 6.45) is 4.37. The van der Waals surface area contributed by atoms with E-state index < -0.39 is 0 Å². The van der Waals surface area contributed by atoms with Crippen LogP contribution in [0, 0.1) is 5.41 Å². The van der Waals surface area contributed by atoms with Gasteiger partial charge in [-0.15, -0.1) is 11.6 Å². The summed E-state index contributed by atoms with van der Waals surface area (Å²) in [6, 6.07) is 0.569. The first-order valence-electron chi connectivity index (χ1n) is 6.03. The van der Waals surface area contributed by atoms with E-state index in [4.69, 9.17) is 16.3 Å². The highest BCUT2D eigenvalue weighted by molar-refractivity contribution is 6.21. The fraction of sp³-hybridized carbons (Fsp3) is 1.00. The highest BCUT2D eigenvalue weighted by Gasteiger charge is 2.46. The molecular weight excluding hydrogens is 210 g/mol. The molecule has 0 bridgehead atoms. The monoisotopic (exact) mass is 231 g/mol. The quantitative estimate of drug-likeness (QED) is 0.754. The van der Waals surface area contributed by atoms with Crippen LogP contribution in [0.1, 0.15) is 40.0 Å². The van der Waals surface area contributed by atoms with Crippen LogP contribution < -0.4 is 5.32 Å². The first-order valence-corrected chi connectivity index (χ1v) is 6.46. The van der Waals surface area contributed by atoms with Crippen LogP contribution in [0.5, 0.6) is 0 Å². The molecule has 2 fully saturated rings. The average molecular weight is 232 g/mol. The van der Waals surface area contributed by atoms with Gasteiger partial charge in [-0.3, -0.25) is 0 Å². The Hall–Kier alpha value is 0.210. The van der Waals surface area contributed by atoms with Crippen molar-refractivity contribution in [2.45, 2.75) is 63.7 Å². The fourth-order valence-corrected chi connectivity index (χ4v) is 2.86. The Bertz CT molecular complexity index is 232. The van der Waals surface area contributed by atoms with E-state index in [0.29, 0.717) is 23.6 Å². The van der Waals surface area contributed by atoms with Crippen molar-refractivity contribution in [3.05, 3.63) is 0 Å². The van der Waals surface area contributed by atoms with Gasteiger partial charge < -0.3 is 10.1 Å². The second-order valence-corrected chi connectivity index (χ2v) is 6.16. The number of halogens is 1. The summed E-state index contributed by atoms with van der Waals surface area (Å²) in [7, 11) is 0. The lowest BCUT2D eigenvalue weighted by Crippen LogP contribution is -2.58. The lowest BCUT2D eigenvalue weighted by Gasteiger charge is -2.49. The predicted molar refractivity (Wildman–Crippen MR) is 63.4 cm³/mol. The van der Waals surface area contributed by atoms with Gasteiger partial charge in [-0.05, 0) is 31.6 Å². The number of ether oxygens (including phenoxy) is 1. The molecule has 0 aromatic rings. The molecule has 2 rings (SSSR count). The first-order chi connectivity index (χ1) is 7.00. The van der Waals surface area contributed by atoms with Gasteiger partial charge in [0.05, 0.1) is 12.2 Å². The number of alkyl halides is 1. The van der Waals surface area contributed by atoms with E-state index in [-0.39, 0.29) is 5.41 Å². The highest BCUT2D eigenvalue weighted by Crippen LogP contribution is 2.44. The summed E-state index contributed by atoms with van der Waals surface area (Å²) >= 11 is 6.18. The van der Waals surface area contributed by atoms with E-state index >= 15 is 0 Å². The molecule has 88 valence electrons. The van der Waals surface area contributed by atoms with E-state index in [9.17, 15) is 0 Å². The Morgan fingerprint density at radius 1 is 1.40 bits per heavy atom. The molecule has 1 aliphatic carbocycles. The van der Waals surface area contributed by atoms with Crippen LogP contribution in [0.15, 0.2) is 0 Å². The zero-order valence-corrected chi connectivity index (χ0v) is 10.7. The van der Waals surface area contributed by atoms with Gasteiger partial charge in [0, 0.05) is 18.0 Å². The summed E-state index contributed by atoms with van der Waals surface area (Å²) in [5.41, 5.74) is 0.242. The fourth-order valence-electron chi connectivity index (χ4n) is 2.53. The minimum Gasteiger partial charge on any atom is -0.374 e. The summed E-state index contributed by atoms with van der Waals surface area (Å²) < 4.78 is 5.78. The molecule has 3 heteroatoms. The molecule has 1 N–H and O–H groups in total. The summed E-state index contributed by atoms with van der Waals surface area (Å²) in [4.78, 5) is 0. The van der Waals surface area contributed by atoms with Crippen LogP contribution >= 0.6 is 11.6 Å². The lowest BCUT2D eigenvalue weighted by atomic mass is 9.67. The van der Waals surface area contributed by atoms with Gasteiger partial charge in [0.1, 0.15) is 0 Å². The number of nitrogens with one attached hydrogen (secondary N) is 1. The van der Waals surface area contributed by atoms with Gasteiger partial charge in [-0.2, -0.15) is 0 Å². The van der Waals surface area contributed by atoms with Crippen LogP contribution in [-0.2, 0) is 4.74 Å². The molecule has 0 spiro atoms. The maximum Gasteiger partial charge on any atom is 0.0704 e. The zero-order chi connectivity index (χ0) is 11.1. The van der Waals surface area contributed by atoms with Crippen molar-refractivity contribution in [1.82, 2.24) is 5.32 Å². The van der Waals surface area contributed by atoms with Crippen molar-refractivity contribution in [1.29, 1.82) is 0 Å². The Morgan fingerprint density at radius 2 is 2.13 bits per heavy atom.